The molecule has 0 saturated heterocycles. The van der Waals surface area contributed by atoms with Crippen molar-refractivity contribution in [3.05, 3.63) is 40.2 Å². The Morgan fingerprint density at radius 3 is 2.75 bits per heavy atom. The molecule has 6 heteroatoms. The molecule has 3 rings (SSSR count). The van der Waals surface area contributed by atoms with Crippen molar-refractivity contribution in [3.8, 4) is 11.3 Å². The van der Waals surface area contributed by atoms with Gasteiger partial charge in [0.1, 0.15) is 0 Å². The number of hydrogen-bond acceptors (Lipinski definition) is 4. The Hall–Kier alpha value is -2.21. The van der Waals surface area contributed by atoms with Crippen molar-refractivity contribution in [2.45, 2.75) is 32.7 Å². The molecule has 5 nitrogen and oxygen atoms in total. The smallest absolute Gasteiger partial charge is 0.308 e. The molecule has 1 fully saturated rings. The highest BCUT2D eigenvalue weighted by Gasteiger charge is 2.35. The minimum Gasteiger partial charge on any atom is -0.481 e. The summed E-state index contributed by atoms with van der Waals surface area (Å²) >= 11 is 1.57. The molecule has 0 aliphatic heterocycles. The van der Waals surface area contributed by atoms with Crippen molar-refractivity contribution in [2.75, 3.05) is 6.54 Å². The molecule has 1 heterocycles. The zero-order valence-electron chi connectivity index (χ0n) is 13.7. The molecule has 1 N–H and O–H groups in total. The van der Waals surface area contributed by atoms with Crippen LogP contribution in [0.15, 0.2) is 29.6 Å². The van der Waals surface area contributed by atoms with Crippen LogP contribution in [0.3, 0.4) is 0 Å². The lowest BCUT2D eigenvalue weighted by atomic mass is 10.1. The third-order valence-corrected chi connectivity index (χ3v) is 4.94. The average molecular weight is 344 g/mol. The second-order valence-corrected chi connectivity index (χ2v) is 7.32. The minimum absolute atomic E-state index is 0.0978. The maximum Gasteiger partial charge on any atom is 0.308 e. The van der Waals surface area contributed by atoms with Crippen molar-refractivity contribution in [1.29, 1.82) is 0 Å². The van der Waals surface area contributed by atoms with Gasteiger partial charge in [-0.25, -0.2) is 4.98 Å². The van der Waals surface area contributed by atoms with Crippen molar-refractivity contribution < 1.29 is 14.7 Å². The first-order chi connectivity index (χ1) is 11.5. The summed E-state index contributed by atoms with van der Waals surface area (Å²) in [5.41, 5.74) is 2.36. The monoisotopic (exact) mass is 344 g/mol. The topological polar surface area (TPSA) is 70.5 Å². The fraction of sp³-hybridized carbons (Fsp3) is 0.389. The lowest BCUT2D eigenvalue weighted by Crippen LogP contribution is -2.38. The number of carboxylic acids is 1. The first-order valence-electron chi connectivity index (χ1n) is 8.02. The van der Waals surface area contributed by atoms with Crippen LogP contribution in [0.4, 0.5) is 0 Å². The molecule has 0 bridgehead atoms. The van der Waals surface area contributed by atoms with Crippen molar-refractivity contribution >= 4 is 23.2 Å². The highest BCUT2D eigenvalue weighted by molar-refractivity contribution is 7.09. The SMILES string of the molecule is Cc1nc(-c2cccc(C(=O)N(CC(C)C(=O)O)C3CC3)c2)cs1. The molecule has 1 atom stereocenters. The van der Waals surface area contributed by atoms with Crippen LogP contribution in [-0.2, 0) is 4.79 Å². The molecule has 1 saturated carbocycles. The molecule has 0 radical (unpaired) electrons. The molecular formula is C18H20N2O3S. The van der Waals surface area contributed by atoms with Crippen molar-refractivity contribution in [1.82, 2.24) is 9.88 Å². The summed E-state index contributed by atoms with van der Waals surface area (Å²) < 4.78 is 0. The van der Waals surface area contributed by atoms with Gasteiger partial charge in [-0.05, 0) is 31.9 Å². The number of aryl methyl sites for hydroxylation is 1. The van der Waals surface area contributed by atoms with E-state index in [0.29, 0.717) is 5.56 Å². The van der Waals surface area contributed by atoms with Gasteiger partial charge >= 0.3 is 5.97 Å². The van der Waals surface area contributed by atoms with Crippen LogP contribution < -0.4 is 0 Å². The Balaban J connectivity index is 1.84. The summed E-state index contributed by atoms with van der Waals surface area (Å²) in [6, 6.07) is 7.59. The number of nitrogens with zero attached hydrogens (tertiary/aromatic N) is 2. The van der Waals surface area contributed by atoms with Gasteiger partial charge in [0.15, 0.2) is 0 Å². The standard InChI is InChI=1S/C18H20N2O3S/c1-11(18(22)23)9-20(15-6-7-15)17(21)14-5-3-4-13(8-14)16-10-24-12(2)19-16/h3-5,8,10-11,15H,6-7,9H2,1-2H3,(H,22,23). The van der Waals surface area contributed by atoms with E-state index in [9.17, 15) is 9.59 Å². The quantitative estimate of drug-likeness (QED) is 0.871. The van der Waals surface area contributed by atoms with Crippen molar-refractivity contribution in [3.63, 3.8) is 0 Å². The van der Waals surface area contributed by atoms with Crippen LogP contribution in [0.1, 0.15) is 35.1 Å². The molecule has 0 spiro atoms. The number of amides is 1. The molecular weight excluding hydrogens is 324 g/mol. The number of aliphatic carboxylic acids is 1. The first kappa shape index (κ1) is 16.6. The van der Waals surface area contributed by atoms with Gasteiger partial charge in [0.25, 0.3) is 5.91 Å². The van der Waals surface area contributed by atoms with Gasteiger partial charge in [0.2, 0.25) is 0 Å². The zero-order valence-corrected chi connectivity index (χ0v) is 14.5. The number of rotatable bonds is 6. The summed E-state index contributed by atoms with van der Waals surface area (Å²) in [5, 5.41) is 12.1. The fourth-order valence-electron chi connectivity index (χ4n) is 2.63. The number of thiazole rings is 1. The maximum absolute atomic E-state index is 12.9. The van der Waals surface area contributed by atoms with Gasteiger partial charge in [0.05, 0.1) is 16.6 Å². The van der Waals surface area contributed by atoms with Crippen LogP contribution in [0.5, 0.6) is 0 Å². The number of carbonyl (C=O) groups excluding carboxylic acids is 1. The fourth-order valence-corrected chi connectivity index (χ4v) is 3.25. The second kappa shape index (κ2) is 6.73. The van der Waals surface area contributed by atoms with E-state index in [2.05, 4.69) is 4.98 Å². The second-order valence-electron chi connectivity index (χ2n) is 6.26. The van der Waals surface area contributed by atoms with Gasteiger partial charge in [-0.3, -0.25) is 9.59 Å². The van der Waals surface area contributed by atoms with Crippen molar-refractivity contribution in [2.24, 2.45) is 5.92 Å². The summed E-state index contributed by atoms with van der Waals surface area (Å²) in [5.74, 6) is -1.54. The largest absolute Gasteiger partial charge is 0.481 e. The van der Waals surface area contributed by atoms with Crippen LogP contribution in [0, 0.1) is 12.8 Å². The first-order valence-corrected chi connectivity index (χ1v) is 8.90. The third-order valence-electron chi connectivity index (χ3n) is 4.16. The van der Waals surface area contributed by atoms with E-state index in [4.69, 9.17) is 5.11 Å². The highest BCUT2D eigenvalue weighted by atomic mass is 32.1. The molecule has 126 valence electrons. The van der Waals surface area contributed by atoms with Gasteiger partial charge in [-0.15, -0.1) is 11.3 Å². The van der Waals surface area contributed by atoms with E-state index in [1.165, 1.54) is 0 Å². The molecule has 24 heavy (non-hydrogen) atoms. The third kappa shape index (κ3) is 3.64. The lowest BCUT2D eigenvalue weighted by molar-refractivity contribution is -0.141. The predicted molar refractivity (Wildman–Crippen MR) is 93.1 cm³/mol. The molecule has 1 aliphatic carbocycles. The van der Waals surface area contributed by atoms with E-state index in [-0.39, 0.29) is 18.5 Å². The van der Waals surface area contributed by atoms with E-state index in [0.717, 1.165) is 29.1 Å². The van der Waals surface area contributed by atoms with Gasteiger partial charge in [0, 0.05) is 29.1 Å². The summed E-state index contributed by atoms with van der Waals surface area (Å²) in [6.07, 6.45) is 1.89. The Morgan fingerprint density at radius 1 is 1.42 bits per heavy atom. The number of hydrogen-bond donors (Lipinski definition) is 1. The molecule has 1 amide bonds. The number of carbonyl (C=O) groups is 2. The Labute approximate surface area is 145 Å². The zero-order chi connectivity index (χ0) is 17.3. The van der Waals surface area contributed by atoms with Gasteiger partial charge in [-0.2, -0.15) is 0 Å². The normalized spacial score (nSPS) is 15.1. The lowest BCUT2D eigenvalue weighted by Gasteiger charge is -2.24. The number of benzene rings is 1. The molecule has 1 aliphatic rings. The number of aromatic nitrogens is 1. The number of carboxylic acid groups (broad SMARTS) is 1. The van der Waals surface area contributed by atoms with Gasteiger partial charge in [-0.1, -0.05) is 19.1 Å². The van der Waals surface area contributed by atoms with Crippen LogP contribution in [0.25, 0.3) is 11.3 Å². The van der Waals surface area contributed by atoms with Gasteiger partial charge < -0.3 is 10.0 Å². The summed E-state index contributed by atoms with van der Waals surface area (Å²) in [7, 11) is 0. The molecule has 1 unspecified atom stereocenters. The highest BCUT2D eigenvalue weighted by Crippen LogP contribution is 2.30. The Kier molecular flexibility index (Phi) is 4.66. The van der Waals surface area contributed by atoms with E-state index < -0.39 is 11.9 Å². The van der Waals surface area contributed by atoms with Crippen LogP contribution >= 0.6 is 11.3 Å². The molecule has 1 aromatic heterocycles. The summed E-state index contributed by atoms with van der Waals surface area (Å²) in [6.45, 7) is 3.84. The summed E-state index contributed by atoms with van der Waals surface area (Å²) in [4.78, 5) is 30.2. The van der Waals surface area contributed by atoms with E-state index in [1.807, 2.05) is 30.5 Å². The van der Waals surface area contributed by atoms with E-state index in [1.54, 1.807) is 29.2 Å². The maximum atomic E-state index is 12.9. The molecule has 1 aromatic carbocycles. The van der Waals surface area contributed by atoms with Crippen LogP contribution in [0.2, 0.25) is 0 Å². The Morgan fingerprint density at radius 2 is 2.17 bits per heavy atom. The Bertz CT molecular complexity index is 767. The average Bonchev–Trinajstić information content (AvgIpc) is 3.32. The minimum atomic E-state index is -0.875. The van der Waals surface area contributed by atoms with E-state index >= 15 is 0 Å². The predicted octanol–water partition coefficient (Wildman–Crippen LogP) is 3.44. The molecule has 2 aromatic rings. The van der Waals surface area contributed by atoms with Crippen LogP contribution in [-0.4, -0.2) is 39.5 Å².